The lowest BCUT2D eigenvalue weighted by molar-refractivity contribution is 0.211. The predicted molar refractivity (Wildman–Crippen MR) is 87.8 cm³/mol. The Labute approximate surface area is 131 Å². The number of hydrogen-bond acceptors (Lipinski definition) is 7. The molecule has 126 valence electrons. The highest BCUT2D eigenvalue weighted by molar-refractivity contribution is 7.72. The fourth-order valence-electron chi connectivity index (χ4n) is 1.18. The van der Waals surface area contributed by atoms with Crippen LogP contribution >= 0.6 is 15.2 Å². The fraction of sp³-hybridized carbons (Fsp3) is 0.385. The van der Waals surface area contributed by atoms with Gasteiger partial charge in [-0.15, -0.1) is 26.3 Å². The Balaban J connectivity index is 5.41. The van der Waals surface area contributed by atoms with Gasteiger partial charge in [0, 0.05) is 0 Å². The molecule has 0 atom stereocenters. The van der Waals surface area contributed by atoms with Crippen molar-refractivity contribution in [3.63, 3.8) is 0 Å². The average molecular weight is 351 g/mol. The van der Waals surface area contributed by atoms with Crippen LogP contribution < -0.4 is 5.73 Å². The molecule has 2 N–H and O–H groups in total. The van der Waals surface area contributed by atoms with Crippen molar-refractivity contribution >= 4 is 15.2 Å². The van der Waals surface area contributed by atoms with E-state index < -0.39 is 20.7 Å². The van der Waals surface area contributed by atoms with Crippen LogP contribution in [0.1, 0.15) is 0 Å². The smallest absolute Gasteiger partial charge is 0.308 e. The Bertz CT molecular complexity index is 405. The molecule has 0 unspecified atom stereocenters. The lowest BCUT2D eigenvalue weighted by Gasteiger charge is -2.28. The lowest BCUT2D eigenvalue weighted by atomic mass is 10.7. The summed E-state index contributed by atoms with van der Waals surface area (Å²) in [7, 11) is -7.98. The van der Waals surface area contributed by atoms with Gasteiger partial charge in [-0.25, -0.2) is 0 Å². The first kappa shape index (κ1) is 21.2. The van der Waals surface area contributed by atoms with Crippen molar-refractivity contribution in [3.05, 3.63) is 50.6 Å². The minimum Gasteiger partial charge on any atom is -0.308 e. The molecule has 0 aromatic heterocycles. The zero-order valence-electron chi connectivity index (χ0n) is 12.5. The van der Waals surface area contributed by atoms with Gasteiger partial charge in [0.05, 0.1) is 26.4 Å². The van der Waals surface area contributed by atoms with Gasteiger partial charge >= 0.3 is 15.2 Å². The summed E-state index contributed by atoms with van der Waals surface area (Å²) in [5, 5.41) is 0. The molecule has 0 radical (unpaired) electrons. The monoisotopic (exact) mass is 351 g/mol. The van der Waals surface area contributed by atoms with Gasteiger partial charge in [0.25, 0.3) is 0 Å². The van der Waals surface area contributed by atoms with E-state index in [2.05, 4.69) is 26.3 Å². The van der Waals surface area contributed by atoms with Crippen LogP contribution in [0.25, 0.3) is 0 Å². The predicted octanol–water partition coefficient (Wildman–Crippen LogP) is 3.43. The van der Waals surface area contributed by atoms with Gasteiger partial charge in [0.2, 0.25) is 5.52 Å². The Hall–Kier alpha value is -0.780. The summed E-state index contributed by atoms with van der Waals surface area (Å²) in [4.78, 5) is 0. The van der Waals surface area contributed by atoms with Gasteiger partial charge in [0.15, 0.2) is 0 Å². The van der Waals surface area contributed by atoms with E-state index in [-0.39, 0.29) is 26.4 Å². The van der Waals surface area contributed by atoms with Crippen molar-refractivity contribution in [2.24, 2.45) is 5.73 Å². The molecule has 0 aliphatic carbocycles. The molecule has 0 saturated carbocycles. The maximum Gasteiger partial charge on any atom is 0.360 e. The second-order valence-corrected chi connectivity index (χ2v) is 8.54. The maximum atomic E-state index is 12.8. The normalized spacial score (nSPS) is 12.1. The molecule has 7 nitrogen and oxygen atoms in total. The van der Waals surface area contributed by atoms with Crippen molar-refractivity contribution in [2.75, 3.05) is 26.4 Å². The molecule has 0 rings (SSSR count). The van der Waals surface area contributed by atoms with Gasteiger partial charge in [-0.3, -0.25) is 9.13 Å². The van der Waals surface area contributed by atoms with Gasteiger partial charge in [-0.05, 0) is 0 Å². The molecule has 0 bridgehead atoms. The number of nitrogens with two attached hydrogens (primary N) is 1. The lowest BCUT2D eigenvalue weighted by Crippen LogP contribution is -2.26. The quantitative estimate of drug-likeness (QED) is 0.378. The molecule has 9 heteroatoms. The SMILES string of the molecule is C=CCOP(=O)(OCC=C)C(N)P(=O)(OCC=C)OCC=C. The minimum atomic E-state index is -3.99. The highest BCUT2D eigenvalue weighted by Crippen LogP contribution is 2.68. The molecule has 0 aromatic carbocycles. The van der Waals surface area contributed by atoms with Crippen LogP contribution in [0, 0.1) is 0 Å². The largest absolute Gasteiger partial charge is 0.360 e. The first-order valence-electron chi connectivity index (χ1n) is 6.37. The van der Waals surface area contributed by atoms with Crippen LogP contribution in [0.2, 0.25) is 0 Å². The standard InChI is InChI=1S/C13H23NO6P2/c1-5-9-17-21(15,18-10-6-2)13(14)22(16,19-11-7-3)20-12-8-4/h5-8,13H,1-4,9-12,14H2. The van der Waals surface area contributed by atoms with Crippen LogP contribution in [0.15, 0.2) is 50.6 Å². The van der Waals surface area contributed by atoms with Crippen LogP contribution in [-0.2, 0) is 27.2 Å². The first-order valence-corrected chi connectivity index (χ1v) is 9.59. The summed E-state index contributed by atoms with van der Waals surface area (Å²) in [5.41, 5.74) is 4.21. The summed E-state index contributed by atoms with van der Waals surface area (Å²) in [6, 6.07) is 0. The Morgan fingerprint density at radius 2 is 0.955 bits per heavy atom. The van der Waals surface area contributed by atoms with Crippen LogP contribution in [0.5, 0.6) is 0 Å². The third kappa shape index (κ3) is 6.55. The third-order valence-electron chi connectivity index (χ3n) is 2.14. The zero-order chi connectivity index (χ0) is 17.1. The van der Waals surface area contributed by atoms with E-state index in [9.17, 15) is 9.13 Å². The first-order chi connectivity index (χ1) is 10.4. The Morgan fingerprint density at radius 1 is 0.727 bits per heavy atom. The van der Waals surface area contributed by atoms with E-state index in [4.69, 9.17) is 23.8 Å². The van der Waals surface area contributed by atoms with E-state index in [1.54, 1.807) is 0 Å². The minimum absolute atomic E-state index is 0.106. The van der Waals surface area contributed by atoms with Crippen molar-refractivity contribution in [2.45, 2.75) is 5.52 Å². The van der Waals surface area contributed by atoms with E-state index >= 15 is 0 Å². The second-order valence-electron chi connectivity index (χ2n) is 3.83. The van der Waals surface area contributed by atoms with E-state index in [1.165, 1.54) is 24.3 Å². The van der Waals surface area contributed by atoms with E-state index in [0.717, 1.165) is 0 Å². The second kappa shape index (κ2) is 10.9. The van der Waals surface area contributed by atoms with Gasteiger partial charge in [-0.2, -0.15) is 0 Å². The van der Waals surface area contributed by atoms with Crippen LogP contribution in [0.3, 0.4) is 0 Å². The molecule has 0 spiro atoms. The van der Waals surface area contributed by atoms with Crippen LogP contribution in [0.4, 0.5) is 0 Å². The summed E-state index contributed by atoms with van der Waals surface area (Å²) < 4.78 is 45.9. The number of rotatable bonds is 14. The molecule has 22 heavy (non-hydrogen) atoms. The Morgan fingerprint density at radius 3 is 1.14 bits per heavy atom. The highest BCUT2D eigenvalue weighted by Gasteiger charge is 2.48. The highest BCUT2D eigenvalue weighted by atomic mass is 31.2. The van der Waals surface area contributed by atoms with Gasteiger partial charge in [0.1, 0.15) is 0 Å². The molecular formula is C13H23NO6P2. The molecular weight excluding hydrogens is 328 g/mol. The van der Waals surface area contributed by atoms with Crippen LogP contribution in [-0.4, -0.2) is 32.0 Å². The van der Waals surface area contributed by atoms with Gasteiger partial charge < -0.3 is 23.8 Å². The van der Waals surface area contributed by atoms with Crippen molar-refractivity contribution < 1.29 is 27.2 Å². The summed E-state index contributed by atoms with van der Waals surface area (Å²) in [6.07, 6.45) is 5.43. The van der Waals surface area contributed by atoms with Gasteiger partial charge in [-0.1, -0.05) is 24.3 Å². The third-order valence-corrected chi connectivity index (χ3v) is 7.17. The summed E-state index contributed by atoms with van der Waals surface area (Å²) >= 11 is 0. The summed E-state index contributed by atoms with van der Waals surface area (Å²) in [6.45, 7) is 13.4. The molecule has 0 aromatic rings. The molecule has 0 aliphatic heterocycles. The van der Waals surface area contributed by atoms with E-state index in [1.807, 2.05) is 0 Å². The molecule has 0 amide bonds. The molecule has 0 aliphatic rings. The van der Waals surface area contributed by atoms with Crippen molar-refractivity contribution in [1.82, 2.24) is 0 Å². The maximum absolute atomic E-state index is 12.8. The molecule has 0 fully saturated rings. The Kier molecular flexibility index (Phi) is 10.5. The zero-order valence-corrected chi connectivity index (χ0v) is 14.3. The molecule has 0 saturated heterocycles. The number of hydrogen-bond donors (Lipinski definition) is 1. The van der Waals surface area contributed by atoms with Crippen molar-refractivity contribution in [3.8, 4) is 0 Å². The fourth-order valence-corrected chi connectivity index (χ4v) is 5.38. The average Bonchev–Trinajstić information content (AvgIpc) is 2.53. The summed E-state index contributed by atoms with van der Waals surface area (Å²) in [5.74, 6) is 0. The van der Waals surface area contributed by atoms with Crippen molar-refractivity contribution in [1.29, 1.82) is 0 Å². The van der Waals surface area contributed by atoms with E-state index in [0.29, 0.717) is 0 Å². The molecule has 0 heterocycles. The topological polar surface area (TPSA) is 97.1 Å².